The monoisotopic (exact) mass is 75.1 g/mol. The molecular weight excluding hydrogens is 68.0 g/mol. The minimum atomic E-state index is -0.963. The molecule has 0 aliphatic heterocycles. The van der Waals surface area contributed by atoms with E-state index in [4.69, 9.17) is 5.11 Å². The topological polar surface area (TPSA) is 72.3 Å². The van der Waals surface area contributed by atoms with E-state index < -0.39 is 6.23 Å². The first kappa shape index (κ1) is 4.88. The van der Waals surface area contributed by atoms with Crippen LogP contribution >= 0.6 is 0 Å². The SMILES string of the molecule is N[CH]C(N)O. The molecule has 5 N–H and O–H groups in total. The van der Waals surface area contributed by atoms with Crippen molar-refractivity contribution in [1.29, 1.82) is 0 Å². The molecule has 5 heavy (non-hydrogen) atoms. The van der Waals surface area contributed by atoms with Gasteiger partial charge in [0.1, 0.15) is 6.23 Å². The molecule has 1 radical (unpaired) electrons. The maximum Gasteiger partial charge on any atom is 0.119 e. The molecule has 0 spiro atoms. The highest BCUT2D eigenvalue weighted by atomic mass is 16.3. The molecule has 0 fully saturated rings. The molecule has 0 aliphatic carbocycles. The summed E-state index contributed by atoms with van der Waals surface area (Å²) in [7, 11) is 0. The van der Waals surface area contributed by atoms with Gasteiger partial charge in [0.15, 0.2) is 0 Å². The number of aliphatic hydroxyl groups excluding tert-OH is 1. The summed E-state index contributed by atoms with van der Waals surface area (Å²) in [6.07, 6.45) is -0.963. The molecule has 0 saturated heterocycles. The molecule has 1 unspecified atom stereocenters. The van der Waals surface area contributed by atoms with E-state index in [9.17, 15) is 0 Å². The van der Waals surface area contributed by atoms with Crippen LogP contribution in [0, 0.1) is 6.54 Å². The lowest BCUT2D eigenvalue weighted by Crippen LogP contribution is -2.23. The average molecular weight is 75.1 g/mol. The third-order valence-electron chi connectivity index (χ3n) is 0.197. The first-order chi connectivity index (χ1) is 2.27. The number of nitrogens with two attached hydrogens (primary N) is 2. The fraction of sp³-hybridized carbons (Fsp3) is 0.500. The zero-order chi connectivity index (χ0) is 4.28. The third kappa shape index (κ3) is 3.88. The van der Waals surface area contributed by atoms with E-state index in [2.05, 4.69) is 11.5 Å². The summed E-state index contributed by atoms with van der Waals surface area (Å²) < 4.78 is 0. The van der Waals surface area contributed by atoms with Crippen LogP contribution in [0.5, 0.6) is 0 Å². The van der Waals surface area contributed by atoms with Crippen molar-refractivity contribution in [2.45, 2.75) is 6.23 Å². The van der Waals surface area contributed by atoms with Gasteiger partial charge in [0.2, 0.25) is 0 Å². The van der Waals surface area contributed by atoms with E-state index in [1.165, 1.54) is 0 Å². The Morgan fingerprint density at radius 3 is 2.00 bits per heavy atom. The number of rotatable bonds is 1. The first-order valence-corrected chi connectivity index (χ1v) is 1.26. The van der Waals surface area contributed by atoms with E-state index >= 15 is 0 Å². The molecule has 0 heterocycles. The molecule has 0 saturated carbocycles. The Balaban J connectivity index is 2.54. The quantitative estimate of drug-likeness (QED) is 0.328. The fourth-order valence-corrected chi connectivity index (χ4v) is 0. The van der Waals surface area contributed by atoms with Gasteiger partial charge in [0.05, 0.1) is 6.54 Å². The standard InChI is InChI=1S/C2H7N2O/c3-1-2(4)5/h1-2,5H,3-4H2. The first-order valence-electron chi connectivity index (χ1n) is 1.26. The van der Waals surface area contributed by atoms with Crippen molar-refractivity contribution in [3.05, 3.63) is 6.54 Å². The van der Waals surface area contributed by atoms with Gasteiger partial charge in [0, 0.05) is 0 Å². The highest BCUT2D eigenvalue weighted by molar-refractivity contribution is 4.56. The minimum absolute atomic E-state index is 0.963. The van der Waals surface area contributed by atoms with Crippen molar-refractivity contribution in [1.82, 2.24) is 0 Å². The summed E-state index contributed by atoms with van der Waals surface area (Å²) in [5, 5.41) is 7.96. The Morgan fingerprint density at radius 2 is 2.00 bits per heavy atom. The maximum absolute atomic E-state index is 7.96. The lowest BCUT2D eigenvalue weighted by molar-refractivity contribution is 0.214. The second-order valence-electron chi connectivity index (χ2n) is 0.683. The average Bonchev–Trinajstić information content (AvgIpc) is 1.38. The van der Waals surface area contributed by atoms with Crippen LogP contribution < -0.4 is 11.5 Å². The minimum Gasteiger partial charge on any atom is -0.377 e. The summed E-state index contributed by atoms with van der Waals surface area (Å²) in [5.41, 5.74) is 9.34. The zero-order valence-electron chi connectivity index (χ0n) is 2.76. The van der Waals surface area contributed by atoms with Gasteiger partial charge < -0.3 is 16.6 Å². The Kier molecular flexibility index (Phi) is 2.09. The summed E-state index contributed by atoms with van der Waals surface area (Å²) in [4.78, 5) is 0. The molecule has 0 aromatic rings. The zero-order valence-corrected chi connectivity index (χ0v) is 2.76. The molecule has 0 rings (SSSR count). The van der Waals surface area contributed by atoms with Gasteiger partial charge in [-0.25, -0.2) is 0 Å². The van der Waals surface area contributed by atoms with Gasteiger partial charge in [0.25, 0.3) is 0 Å². The van der Waals surface area contributed by atoms with Crippen LogP contribution in [0.2, 0.25) is 0 Å². The van der Waals surface area contributed by atoms with Crippen molar-refractivity contribution in [2.24, 2.45) is 11.5 Å². The van der Waals surface area contributed by atoms with Crippen LogP contribution in [-0.4, -0.2) is 11.3 Å². The van der Waals surface area contributed by atoms with Crippen LogP contribution in [0.1, 0.15) is 0 Å². The van der Waals surface area contributed by atoms with Gasteiger partial charge in [-0.15, -0.1) is 0 Å². The molecule has 0 aromatic carbocycles. The lowest BCUT2D eigenvalue weighted by atomic mass is 10.6. The van der Waals surface area contributed by atoms with E-state index in [0.29, 0.717) is 0 Å². The molecule has 31 valence electrons. The van der Waals surface area contributed by atoms with Gasteiger partial charge in [-0.05, 0) is 0 Å². The van der Waals surface area contributed by atoms with Crippen LogP contribution in [0.4, 0.5) is 0 Å². The number of hydrogen-bond acceptors (Lipinski definition) is 3. The van der Waals surface area contributed by atoms with Gasteiger partial charge in [-0.3, -0.25) is 0 Å². The van der Waals surface area contributed by atoms with Crippen LogP contribution in [-0.2, 0) is 0 Å². The molecule has 0 aromatic heterocycles. The van der Waals surface area contributed by atoms with Crippen molar-refractivity contribution in [2.75, 3.05) is 0 Å². The number of aliphatic hydroxyl groups is 1. The maximum atomic E-state index is 7.96. The van der Waals surface area contributed by atoms with Crippen LogP contribution in [0.15, 0.2) is 0 Å². The molecule has 1 atom stereocenters. The Morgan fingerprint density at radius 1 is 1.80 bits per heavy atom. The van der Waals surface area contributed by atoms with Gasteiger partial charge >= 0.3 is 0 Å². The van der Waals surface area contributed by atoms with Crippen molar-refractivity contribution in [3.8, 4) is 0 Å². The summed E-state index contributed by atoms with van der Waals surface area (Å²) in [6, 6.07) is 0. The second kappa shape index (κ2) is 2.14. The van der Waals surface area contributed by atoms with E-state index in [-0.39, 0.29) is 0 Å². The largest absolute Gasteiger partial charge is 0.377 e. The predicted molar refractivity (Wildman–Crippen MR) is 18.7 cm³/mol. The summed E-state index contributed by atoms with van der Waals surface area (Å²) in [6.45, 7) is 1.00. The molecule has 0 aliphatic rings. The highest BCUT2D eigenvalue weighted by Crippen LogP contribution is 1.60. The Labute approximate surface area is 30.6 Å². The van der Waals surface area contributed by atoms with E-state index in [1.807, 2.05) is 0 Å². The van der Waals surface area contributed by atoms with E-state index in [0.717, 1.165) is 6.54 Å². The molecular formula is C2H7N2O. The molecule has 0 bridgehead atoms. The van der Waals surface area contributed by atoms with Crippen LogP contribution in [0.3, 0.4) is 0 Å². The van der Waals surface area contributed by atoms with Gasteiger partial charge in [-0.2, -0.15) is 0 Å². The summed E-state index contributed by atoms with van der Waals surface area (Å²) in [5.74, 6) is 0. The molecule has 0 amide bonds. The predicted octanol–water partition coefficient (Wildman–Crippen LogP) is -1.62. The third-order valence-corrected chi connectivity index (χ3v) is 0.197. The van der Waals surface area contributed by atoms with Crippen molar-refractivity contribution in [3.63, 3.8) is 0 Å². The second-order valence-corrected chi connectivity index (χ2v) is 0.683. The van der Waals surface area contributed by atoms with E-state index in [1.54, 1.807) is 0 Å². The highest BCUT2D eigenvalue weighted by Gasteiger charge is 1.82. The molecule has 3 heteroatoms. The smallest absolute Gasteiger partial charge is 0.119 e. The fourth-order valence-electron chi connectivity index (χ4n) is 0. The Bertz CT molecular complexity index is 21.6. The van der Waals surface area contributed by atoms with Crippen LogP contribution in [0.25, 0.3) is 0 Å². The van der Waals surface area contributed by atoms with Crippen molar-refractivity contribution < 1.29 is 5.11 Å². The van der Waals surface area contributed by atoms with Crippen molar-refractivity contribution >= 4 is 0 Å². The number of hydrogen-bond donors (Lipinski definition) is 3. The summed E-state index contributed by atoms with van der Waals surface area (Å²) >= 11 is 0. The Hall–Kier alpha value is -0.120. The van der Waals surface area contributed by atoms with Gasteiger partial charge in [-0.1, -0.05) is 0 Å². The normalized spacial score (nSPS) is 15.0. The lowest BCUT2D eigenvalue weighted by Gasteiger charge is -1.91. The molecule has 3 nitrogen and oxygen atoms in total.